The average Bonchev–Trinajstić information content (AvgIpc) is 2.76. The molecule has 0 saturated carbocycles. The fourth-order valence-corrected chi connectivity index (χ4v) is 4.00. The summed E-state index contributed by atoms with van der Waals surface area (Å²) in [6.07, 6.45) is 5.59. The van der Waals surface area contributed by atoms with Crippen LogP contribution in [0.15, 0.2) is 36.4 Å². The number of aliphatic hydroxyl groups excluding tert-OH is 1. The Hall–Kier alpha value is -2.22. The van der Waals surface area contributed by atoms with Gasteiger partial charge in [-0.15, -0.1) is 0 Å². The summed E-state index contributed by atoms with van der Waals surface area (Å²) < 4.78 is 38.4. The number of hydrogen-bond acceptors (Lipinski definition) is 5. The number of hydrogen-bond donors (Lipinski definition) is 2. The smallest absolute Gasteiger partial charge is 0.161 e. The zero-order valence-corrected chi connectivity index (χ0v) is 18.8. The van der Waals surface area contributed by atoms with Crippen molar-refractivity contribution in [2.75, 3.05) is 33.4 Å². The molecule has 176 valence electrons. The van der Waals surface area contributed by atoms with E-state index in [4.69, 9.17) is 9.47 Å². The number of aliphatic hydroxyl groups is 1. The summed E-state index contributed by atoms with van der Waals surface area (Å²) in [5.41, 5.74) is 1.19. The highest BCUT2D eigenvalue weighted by atomic mass is 19.1. The van der Waals surface area contributed by atoms with Crippen molar-refractivity contribution in [3.05, 3.63) is 59.2 Å². The highest BCUT2D eigenvalue weighted by Crippen LogP contribution is 2.28. The van der Waals surface area contributed by atoms with Crippen LogP contribution >= 0.6 is 0 Å². The van der Waals surface area contributed by atoms with E-state index in [1.165, 1.54) is 38.2 Å². The summed E-state index contributed by atoms with van der Waals surface area (Å²) in [5.74, 6) is 0.239. The first-order valence-corrected chi connectivity index (χ1v) is 11.4. The fraction of sp³-hybridized carbons (Fsp3) is 0.520. The SMILES string of the molecule is COc1ccc(CNCc2cc(F)ccc2F)cc1OCC(O)CN1CCCCCCC1. The van der Waals surface area contributed by atoms with Gasteiger partial charge in [0.05, 0.1) is 7.11 Å². The van der Waals surface area contributed by atoms with E-state index in [0.29, 0.717) is 24.6 Å². The molecule has 2 aromatic carbocycles. The number of nitrogens with one attached hydrogen (secondary N) is 1. The van der Waals surface area contributed by atoms with E-state index in [2.05, 4.69) is 10.2 Å². The van der Waals surface area contributed by atoms with Gasteiger partial charge in [-0.05, 0) is 61.8 Å². The van der Waals surface area contributed by atoms with E-state index in [9.17, 15) is 13.9 Å². The van der Waals surface area contributed by atoms with E-state index in [-0.39, 0.29) is 18.7 Å². The molecule has 0 spiro atoms. The molecule has 0 aliphatic carbocycles. The quantitative estimate of drug-likeness (QED) is 0.569. The second kappa shape index (κ2) is 12.7. The number of halogens is 2. The van der Waals surface area contributed by atoms with Crippen LogP contribution in [0.25, 0.3) is 0 Å². The molecule has 1 saturated heterocycles. The Bertz CT molecular complexity index is 842. The van der Waals surface area contributed by atoms with E-state index in [1.807, 2.05) is 12.1 Å². The van der Waals surface area contributed by atoms with Gasteiger partial charge in [0.15, 0.2) is 11.5 Å². The normalized spacial score (nSPS) is 16.2. The van der Waals surface area contributed by atoms with E-state index >= 15 is 0 Å². The van der Waals surface area contributed by atoms with Crippen LogP contribution in [0.3, 0.4) is 0 Å². The van der Waals surface area contributed by atoms with Crippen molar-refractivity contribution in [3.63, 3.8) is 0 Å². The Kier molecular flexibility index (Phi) is 9.71. The van der Waals surface area contributed by atoms with Crippen molar-refractivity contribution in [3.8, 4) is 11.5 Å². The second-order valence-corrected chi connectivity index (χ2v) is 8.36. The van der Waals surface area contributed by atoms with Crippen LogP contribution in [0.4, 0.5) is 8.78 Å². The fourth-order valence-electron chi connectivity index (χ4n) is 4.00. The van der Waals surface area contributed by atoms with Gasteiger partial charge in [-0.3, -0.25) is 0 Å². The number of rotatable bonds is 10. The van der Waals surface area contributed by atoms with Crippen molar-refractivity contribution < 1.29 is 23.4 Å². The molecule has 2 N–H and O–H groups in total. The zero-order valence-electron chi connectivity index (χ0n) is 18.8. The molecule has 1 atom stereocenters. The third kappa shape index (κ3) is 7.73. The average molecular weight is 449 g/mol. The first-order valence-electron chi connectivity index (χ1n) is 11.4. The number of likely N-dealkylation sites (tertiary alicyclic amines) is 1. The molecular weight excluding hydrogens is 414 g/mol. The molecule has 32 heavy (non-hydrogen) atoms. The van der Waals surface area contributed by atoms with E-state index < -0.39 is 17.7 Å². The first kappa shape index (κ1) is 24.4. The van der Waals surface area contributed by atoms with Crippen LogP contribution in [0, 0.1) is 11.6 Å². The minimum Gasteiger partial charge on any atom is -0.493 e. The largest absolute Gasteiger partial charge is 0.493 e. The molecule has 0 aromatic heterocycles. The molecule has 3 rings (SSSR count). The van der Waals surface area contributed by atoms with Crippen molar-refractivity contribution in [1.82, 2.24) is 10.2 Å². The Morgan fingerprint density at radius 1 is 0.969 bits per heavy atom. The van der Waals surface area contributed by atoms with Crippen molar-refractivity contribution in [2.24, 2.45) is 0 Å². The van der Waals surface area contributed by atoms with Gasteiger partial charge < -0.3 is 24.8 Å². The van der Waals surface area contributed by atoms with Crippen LogP contribution in [0.5, 0.6) is 11.5 Å². The summed E-state index contributed by atoms with van der Waals surface area (Å²) in [5, 5.41) is 13.6. The molecule has 1 heterocycles. The summed E-state index contributed by atoms with van der Waals surface area (Å²) >= 11 is 0. The Morgan fingerprint density at radius 2 is 1.72 bits per heavy atom. The van der Waals surface area contributed by atoms with Crippen molar-refractivity contribution in [1.29, 1.82) is 0 Å². The molecule has 2 aromatic rings. The Balaban J connectivity index is 1.51. The molecule has 0 bridgehead atoms. The molecule has 1 aliphatic heterocycles. The van der Waals surface area contributed by atoms with E-state index in [0.717, 1.165) is 30.8 Å². The van der Waals surface area contributed by atoms with Crippen molar-refractivity contribution >= 4 is 0 Å². The second-order valence-electron chi connectivity index (χ2n) is 8.36. The summed E-state index contributed by atoms with van der Waals surface area (Å²) in [4.78, 5) is 2.32. The highest BCUT2D eigenvalue weighted by Gasteiger charge is 2.15. The van der Waals surface area contributed by atoms with Crippen LogP contribution in [-0.4, -0.2) is 49.5 Å². The van der Waals surface area contributed by atoms with Gasteiger partial charge in [0.25, 0.3) is 0 Å². The van der Waals surface area contributed by atoms with Crippen molar-refractivity contribution in [2.45, 2.75) is 51.3 Å². The van der Waals surface area contributed by atoms with Crippen LogP contribution in [0.2, 0.25) is 0 Å². The maximum Gasteiger partial charge on any atom is 0.161 e. The van der Waals surface area contributed by atoms with Gasteiger partial charge in [-0.1, -0.05) is 25.3 Å². The minimum atomic E-state index is -0.586. The molecular formula is C25H34F2N2O3. The number of methoxy groups -OCH3 is 1. The van der Waals surface area contributed by atoms with Crippen LogP contribution in [0.1, 0.15) is 43.2 Å². The van der Waals surface area contributed by atoms with Crippen LogP contribution < -0.4 is 14.8 Å². The van der Waals surface area contributed by atoms with Gasteiger partial charge >= 0.3 is 0 Å². The molecule has 5 nitrogen and oxygen atoms in total. The number of nitrogens with zero attached hydrogens (tertiary/aromatic N) is 1. The predicted octanol–water partition coefficient (Wildman–Crippen LogP) is 4.27. The molecule has 1 fully saturated rings. The molecule has 1 unspecified atom stereocenters. The summed E-state index contributed by atoms with van der Waals surface area (Å²) in [6.45, 7) is 3.48. The third-order valence-corrected chi connectivity index (χ3v) is 5.73. The first-order chi connectivity index (χ1) is 15.5. The standard InChI is InChI=1S/C25H34F2N2O3/c1-31-24-10-7-19(15-28-16-20-14-21(26)8-9-23(20)27)13-25(24)32-18-22(30)17-29-11-5-3-2-4-6-12-29/h7-10,13-14,22,28,30H,2-6,11-12,15-18H2,1H3. The molecule has 0 amide bonds. The third-order valence-electron chi connectivity index (χ3n) is 5.73. The summed E-state index contributed by atoms with van der Waals surface area (Å²) in [6, 6.07) is 8.96. The summed E-state index contributed by atoms with van der Waals surface area (Å²) in [7, 11) is 1.57. The van der Waals surface area contributed by atoms with Gasteiger partial charge in [0, 0.05) is 25.2 Å². The zero-order chi connectivity index (χ0) is 22.8. The maximum absolute atomic E-state index is 13.8. The number of benzene rings is 2. The van der Waals surface area contributed by atoms with Crippen LogP contribution in [-0.2, 0) is 13.1 Å². The van der Waals surface area contributed by atoms with E-state index in [1.54, 1.807) is 13.2 Å². The van der Waals surface area contributed by atoms with Gasteiger partial charge in [-0.2, -0.15) is 0 Å². The topological polar surface area (TPSA) is 54.0 Å². The minimum absolute atomic E-state index is 0.179. The van der Waals surface area contributed by atoms with Gasteiger partial charge in [0.2, 0.25) is 0 Å². The number of ether oxygens (including phenoxy) is 2. The molecule has 7 heteroatoms. The highest BCUT2D eigenvalue weighted by molar-refractivity contribution is 5.43. The number of β-amino-alcohol motifs (C(OH)–C–C–N with tert-alkyl or cyclic N) is 1. The lowest BCUT2D eigenvalue weighted by molar-refractivity contribution is 0.0644. The maximum atomic E-state index is 13.8. The lowest BCUT2D eigenvalue weighted by Crippen LogP contribution is -2.37. The molecule has 0 radical (unpaired) electrons. The lowest BCUT2D eigenvalue weighted by Gasteiger charge is -2.26. The molecule has 1 aliphatic rings. The monoisotopic (exact) mass is 448 g/mol. The Morgan fingerprint density at radius 3 is 2.47 bits per heavy atom. The lowest BCUT2D eigenvalue weighted by atomic mass is 10.1. The van der Waals surface area contributed by atoms with Gasteiger partial charge in [0.1, 0.15) is 24.3 Å². The Labute approximate surface area is 189 Å². The van der Waals surface area contributed by atoms with Gasteiger partial charge in [-0.25, -0.2) is 8.78 Å². The predicted molar refractivity (Wildman–Crippen MR) is 121 cm³/mol.